The maximum Gasteiger partial charge on any atom is 0.263 e. The zero-order valence-electron chi connectivity index (χ0n) is 9.04. The van der Waals surface area contributed by atoms with Gasteiger partial charge in [-0.2, -0.15) is 0 Å². The Balaban J connectivity index is 2.34. The highest BCUT2D eigenvalue weighted by Crippen LogP contribution is 2.18. The number of nitrogens with two attached hydrogens (primary N) is 1. The van der Waals surface area contributed by atoms with Gasteiger partial charge in [-0.15, -0.1) is 0 Å². The molecule has 2 aromatic rings. The summed E-state index contributed by atoms with van der Waals surface area (Å²) in [6.07, 6.45) is 3.98. The molecule has 0 atom stereocenters. The van der Waals surface area contributed by atoms with Gasteiger partial charge in [0, 0.05) is 12.4 Å². The summed E-state index contributed by atoms with van der Waals surface area (Å²) >= 11 is 0. The SMILES string of the molecule is Nc1ccc(S(=O)(=O)Nc2cnccn2)cc1F. The molecular formula is C10H9FN4O2S. The van der Waals surface area contributed by atoms with Gasteiger partial charge < -0.3 is 5.73 Å². The highest BCUT2D eigenvalue weighted by Gasteiger charge is 2.16. The Labute approximate surface area is 103 Å². The van der Waals surface area contributed by atoms with E-state index in [1.54, 1.807) is 0 Å². The highest BCUT2D eigenvalue weighted by atomic mass is 32.2. The number of nitrogens with one attached hydrogen (secondary N) is 1. The van der Waals surface area contributed by atoms with Crippen LogP contribution in [0.2, 0.25) is 0 Å². The lowest BCUT2D eigenvalue weighted by Crippen LogP contribution is -2.14. The molecule has 2 rings (SSSR count). The van der Waals surface area contributed by atoms with E-state index in [-0.39, 0.29) is 16.4 Å². The molecule has 1 aromatic heterocycles. The minimum atomic E-state index is -3.90. The Hall–Kier alpha value is -2.22. The van der Waals surface area contributed by atoms with Crippen LogP contribution >= 0.6 is 0 Å². The number of rotatable bonds is 3. The predicted molar refractivity (Wildman–Crippen MR) is 63.7 cm³/mol. The van der Waals surface area contributed by atoms with Crippen LogP contribution in [0.3, 0.4) is 0 Å². The molecule has 0 aliphatic heterocycles. The molecular weight excluding hydrogens is 259 g/mol. The van der Waals surface area contributed by atoms with Gasteiger partial charge in [-0.05, 0) is 18.2 Å². The van der Waals surface area contributed by atoms with E-state index in [9.17, 15) is 12.8 Å². The molecule has 94 valence electrons. The van der Waals surface area contributed by atoms with Crippen LogP contribution in [0.5, 0.6) is 0 Å². The van der Waals surface area contributed by atoms with Crippen molar-refractivity contribution in [2.75, 3.05) is 10.5 Å². The topological polar surface area (TPSA) is 98.0 Å². The number of anilines is 2. The van der Waals surface area contributed by atoms with Crippen molar-refractivity contribution in [3.63, 3.8) is 0 Å². The van der Waals surface area contributed by atoms with Crippen molar-refractivity contribution in [1.29, 1.82) is 0 Å². The Bertz CT molecular complexity index is 661. The molecule has 0 aliphatic rings. The van der Waals surface area contributed by atoms with Crippen LogP contribution in [0.25, 0.3) is 0 Å². The number of hydrogen-bond acceptors (Lipinski definition) is 5. The quantitative estimate of drug-likeness (QED) is 0.809. The third kappa shape index (κ3) is 2.54. The number of hydrogen-bond donors (Lipinski definition) is 2. The van der Waals surface area contributed by atoms with Gasteiger partial charge in [0.15, 0.2) is 5.82 Å². The van der Waals surface area contributed by atoms with E-state index < -0.39 is 15.8 Å². The standard InChI is InChI=1S/C10H9FN4O2S/c11-8-5-7(1-2-9(8)12)18(16,17)15-10-6-13-3-4-14-10/h1-6H,12H2,(H,14,15). The van der Waals surface area contributed by atoms with E-state index in [1.165, 1.54) is 30.7 Å². The number of sulfonamides is 1. The van der Waals surface area contributed by atoms with E-state index in [1.807, 2.05) is 0 Å². The highest BCUT2D eigenvalue weighted by molar-refractivity contribution is 7.92. The molecule has 8 heteroatoms. The van der Waals surface area contributed by atoms with E-state index in [0.717, 1.165) is 6.07 Å². The van der Waals surface area contributed by atoms with Crippen molar-refractivity contribution >= 4 is 21.5 Å². The number of aromatic nitrogens is 2. The molecule has 0 spiro atoms. The third-order valence-corrected chi connectivity index (χ3v) is 3.44. The summed E-state index contributed by atoms with van der Waals surface area (Å²) in [6.45, 7) is 0. The fourth-order valence-corrected chi connectivity index (χ4v) is 2.23. The monoisotopic (exact) mass is 268 g/mol. The summed E-state index contributed by atoms with van der Waals surface area (Å²) < 4.78 is 39.1. The van der Waals surface area contributed by atoms with Gasteiger partial charge >= 0.3 is 0 Å². The Morgan fingerprint density at radius 2 is 2.06 bits per heavy atom. The first kappa shape index (κ1) is 12.2. The number of nitrogen functional groups attached to an aromatic ring is 1. The molecule has 0 aliphatic carbocycles. The van der Waals surface area contributed by atoms with Crippen molar-refractivity contribution in [3.8, 4) is 0 Å². The molecule has 0 amide bonds. The number of benzene rings is 1. The van der Waals surface area contributed by atoms with Gasteiger partial charge in [0.1, 0.15) is 5.82 Å². The Kier molecular flexibility index (Phi) is 3.11. The Morgan fingerprint density at radius 3 is 2.67 bits per heavy atom. The fraction of sp³-hybridized carbons (Fsp3) is 0. The maximum atomic E-state index is 13.2. The molecule has 18 heavy (non-hydrogen) atoms. The lowest BCUT2D eigenvalue weighted by Gasteiger charge is -2.07. The van der Waals surface area contributed by atoms with Crippen molar-refractivity contribution in [2.24, 2.45) is 0 Å². The lowest BCUT2D eigenvalue weighted by molar-refractivity contribution is 0.596. The second-order valence-electron chi connectivity index (χ2n) is 3.38. The largest absolute Gasteiger partial charge is 0.396 e. The summed E-state index contributed by atoms with van der Waals surface area (Å²) in [6, 6.07) is 3.23. The molecule has 0 saturated heterocycles. The molecule has 0 radical (unpaired) electrons. The Morgan fingerprint density at radius 1 is 1.28 bits per heavy atom. The van der Waals surface area contributed by atoms with Gasteiger partial charge in [0.2, 0.25) is 0 Å². The summed E-state index contributed by atoms with van der Waals surface area (Å²) in [4.78, 5) is 7.23. The molecule has 1 heterocycles. The number of halogens is 1. The lowest BCUT2D eigenvalue weighted by atomic mass is 10.3. The summed E-state index contributed by atoms with van der Waals surface area (Å²) in [5, 5.41) is 0. The van der Waals surface area contributed by atoms with Gasteiger partial charge in [-0.3, -0.25) is 9.71 Å². The van der Waals surface area contributed by atoms with E-state index >= 15 is 0 Å². The van der Waals surface area contributed by atoms with Crippen molar-refractivity contribution in [3.05, 3.63) is 42.6 Å². The number of nitrogens with zero attached hydrogens (tertiary/aromatic N) is 2. The van der Waals surface area contributed by atoms with Crippen molar-refractivity contribution in [1.82, 2.24) is 9.97 Å². The van der Waals surface area contributed by atoms with Crippen LogP contribution in [0.15, 0.2) is 41.7 Å². The van der Waals surface area contributed by atoms with E-state index in [0.29, 0.717) is 0 Å². The maximum absolute atomic E-state index is 13.2. The summed E-state index contributed by atoms with van der Waals surface area (Å²) in [5.41, 5.74) is 5.15. The van der Waals surface area contributed by atoms with Gasteiger partial charge in [0.05, 0.1) is 16.8 Å². The third-order valence-electron chi connectivity index (χ3n) is 2.08. The van der Waals surface area contributed by atoms with E-state index in [4.69, 9.17) is 5.73 Å². The zero-order chi connectivity index (χ0) is 13.2. The van der Waals surface area contributed by atoms with E-state index in [2.05, 4.69) is 14.7 Å². The zero-order valence-corrected chi connectivity index (χ0v) is 9.86. The fourth-order valence-electron chi connectivity index (χ4n) is 1.22. The van der Waals surface area contributed by atoms with Crippen molar-refractivity contribution < 1.29 is 12.8 Å². The second kappa shape index (κ2) is 4.57. The molecule has 1 aromatic carbocycles. The van der Waals surface area contributed by atoms with Crippen LogP contribution in [0.4, 0.5) is 15.9 Å². The first-order valence-electron chi connectivity index (χ1n) is 4.83. The smallest absolute Gasteiger partial charge is 0.263 e. The second-order valence-corrected chi connectivity index (χ2v) is 5.06. The van der Waals surface area contributed by atoms with Gasteiger partial charge in [0.25, 0.3) is 10.0 Å². The molecule has 0 fully saturated rings. The van der Waals surface area contributed by atoms with Crippen LogP contribution in [-0.4, -0.2) is 18.4 Å². The molecule has 0 saturated carbocycles. The van der Waals surface area contributed by atoms with Crippen molar-refractivity contribution in [2.45, 2.75) is 4.90 Å². The summed E-state index contributed by atoms with van der Waals surface area (Å²) in [5.74, 6) is -0.744. The van der Waals surface area contributed by atoms with Gasteiger partial charge in [-0.25, -0.2) is 17.8 Å². The minimum Gasteiger partial charge on any atom is -0.396 e. The van der Waals surface area contributed by atoms with Gasteiger partial charge in [-0.1, -0.05) is 0 Å². The molecule has 0 bridgehead atoms. The molecule has 0 unspecified atom stereocenters. The molecule has 6 nitrogen and oxygen atoms in total. The predicted octanol–water partition coefficient (Wildman–Crippen LogP) is 0.999. The van der Waals surface area contributed by atoms with Crippen LogP contribution in [-0.2, 0) is 10.0 Å². The molecule has 3 N–H and O–H groups in total. The van der Waals surface area contributed by atoms with Crippen LogP contribution in [0.1, 0.15) is 0 Å². The van der Waals surface area contributed by atoms with Crippen LogP contribution in [0, 0.1) is 5.82 Å². The average molecular weight is 268 g/mol. The minimum absolute atomic E-state index is 0.0507. The van der Waals surface area contributed by atoms with Crippen LogP contribution < -0.4 is 10.5 Å². The average Bonchev–Trinajstić information content (AvgIpc) is 2.33. The first-order chi connectivity index (χ1) is 8.49. The summed E-state index contributed by atoms with van der Waals surface area (Å²) in [7, 11) is -3.90. The first-order valence-corrected chi connectivity index (χ1v) is 6.31. The normalized spacial score (nSPS) is 11.2.